The van der Waals surface area contributed by atoms with Gasteiger partial charge in [0, 0.05) is 27.4 Å². The van der Waals surface area contributed by atoms with Crippen LogP contribution < -0.4 is 0 Å². The van der Waals surface area contributed by atoms with Crippen molar-refractivity contribution in [3.8, 4) is 5.75 Å². The first-order chi connectivity index (χ1) is 14.7. The van der Waals surface area contributed by atoms with Crippen LogP contribution in [-0.2, 0) is 4.74 Å². The summed E-state index contributed by atoms with van der Waals surface area (Å²) in [7, 11) is 0. The zero-order valence-electron chi connectivity index (χ0n) is 16.3. The van der Waals surface area contributed by atoms with Crippen LogP contribution in [0, 0.1) is 18.6 Å². The van der Waals surface area contributed by atoms with Gasteiger partial charge < -0.3 is 34.8 Å². The Morgan fingerprint density at radius 1 is 1.00 bits per heavy atom. The fraction of sp³-hybridized carbons (Fsp3) is 0.333. The van der Waals surface area contributed by atoms with Gasteiger partial charge >= 0.3 is 0 Å². The molecule has 3 aromatic rings. The highest BCUT2D eigenvalue weighted by atomic mass is 32.2. The summed E-state index contributed by atoms with van der Waals surface area (Å²) >= 11 is 0.924. The zero-order chi connectivity index (χ0) is 22.4. The number of halogens is 2. The Labute approximate surface area is 180 Å². The molecule has 1 fully saturated rings. The average Bonchev–Trinajstić information content (AvgIpc) is 3.11. The fourth-order valence-corrected chi connectivity index (χ4v) is 4.77. The normalized spacial score (nSPS) is 26.5. The van der Waals surface area contributed by atoms with Gasteiger partial charge in [0.2, 0.25) is 0 Å². The largest absolute Gasteiger partial charge is 0.508 e. The Hall–Kier alpha value is -2.21. The number of aromatic hydroxyl groups is 1. The van der Waals surface area contributed by atoms with Crippen molar-refractivity contribution >= 4 is 22.7 Å². The quantitative estimate of drug-likeness (QED) is 0.411. The lowest BCUT2D eigenvalue weighted by atomic mass is 9.98. The van der Waals surface area contributed by atoms with Crippen molar-refractivity contribution in [1.82, 2.24) is 4.57 Å². The van der Waals surface area contributed by atoms with Crippen molar-refractivity contribution in [3.05, 3.63) is 53.7 Å². The third-order valence-corrected chi connectivity index (χ3v) is 6.45. The molecule has 1 saturated heterocycles. The lowest BCUT2D eigenvalue weighted by molar-refractivity contribution is -0.250. The number of phenols is 1. The average molecular weight is 453 g/mol. The van der Waals surface area contributed by atoms with Crippen molar-refractivity contribution in [2.45, 2.75) is 47.4 Å². The SMILES string of the molecule is Cc1ccc(F)c2c(Sc3ccc(O)cc3F)cn([C@@H]3O[C@H](CO)[C@@H](O)[C@H](O)[C@H]3O)c12. The molecule has 1 aromatic heterocycles. The highest BCUT2D eigenvalue weighted by Gasteiger charge is 2.44. The van der Waals surface area contributed by atoms with Gasteiger partial charge in [0.05, 0.1) is 12.1 Å². The Morgan fingerprint density at radius 3 is 2.42 bits per heavy atom. The van der Waals surface area contributed by atoms with Crippen LogP contribution in [0.15, 0.2) is 46.3 Å². The number of aliphatic hydroxyl groups excluding tert-OH is 4. The van der Waals surface area contributed by atoms with Gasteiger partial charge in [0.15, 0.2) is 6.23 Å². The standard InChI is InChI=1S/C21H21F2NO6S/c1-9-2-4-11(22)16-15(31-14-5-3-10(26)6-12(14)23)7-24(17(9)16)21-20(29)19(28)18(27)13(8-25)30-21/h2-7,13,18-21,25-29H,8H2,1H3/t13-,18-,19+,20-,21-/m1/s1. The summed E-state index contributed by atoms with van der Waals surface area (Å²) in [6.07, 6.45) is -5.62. The van der Waals surface area contributed by atoms with Gasteiger partial charge in [-0.15, -0.1) is 0 Å². The van der Waals surface area contributed by atoms with Crippen molar-refractivity contribution < 1.29 is 39.1 Å². The van der Waals surface area contributed by atoms with E-state index in [2.05, 4.69) is 0 Å². The molecule has 0 spiro atoms. The van der Waals surface area contributed by atoms with Crippen LogP contribution in [0.25, 0.3) is 10.9 Å². The van der Waals surface area contributed by atoms with E-state index in [4.69, 9.17) is 4.74 Å². The van der Waals surface area contributed by atoms with E-state index in [-0.39, 0.29) is 16.0 Å². The summed E-state index contributed by atoms with van der Waals surface area (Å²) in [5, 5.41) is 49.8. The molecule has 5 atom stereocenters. The number of ether oxygens (including phenoxy) is 1. The smallest absolute Gasteiger partial charge is 0.163 e. The van der Waals surface area contributed by atoms with Gasteiger partial charge in [-0.1, -0.05) is 17.8 Å². The molecule has 1 aliphatic heterocycles. The number of aromatic nitrogens is 1. The highest BCUT2D eigenvalue weighted by molar-refractivity contribution is 7.99. The number of benzene rings is 2. The van der Waals surface area contributed by atoms with Crippen molar-refractivity contribution in [2.24, 2.45) is 0 Å². The third-order valence-electron chi connectivity index (χ3n) is 5.37. The van der Waals surface area contributed by atoms with E-state index in [1.165, 1.54) is 35.0 Å². The Balaban J connectivity index is 1.86. The van der Waals surface area contributed by atoms with Crippen molar-refractivity contribution in [1.29, 1.82) is 0 Å². The molecule has 4 rings (SSSR count). The second-order valence-corrected chi connectivity index (χ2v) is 8.51. The number of hydrogen-bond donors (Lipinski definition) is 5. The second kappa shape index (κ2) is 8.38. The van der Waals surface area contributed by atoms with Crippen molar-refractivity contribution in [2.75, 3.05) is 6.61 Å². The summed E-state index contributed by atoms with van der Waals surface area (Å²) in [5.74, 6) is -1.51. The molecule has 0 aliphatic carbocycles. The van der Waals surface area contributed by atoms with Crippen LogP contribution in [0.5, 0.6) is 5.75 Å². The molecule has 2 heterocycles. The number of aliphatic hydroxyl groups is 4. The van der Waals surface area contributed by atoms with Crippen LogP contribution in [0.3, 0.4) is 0 Å². The lowest BCUT2D eigenvalue weighted by Gasteiger charge is -2.40. The molecule has 1 aliphatic rings. The van der Waals surface area contributed by atoms with Gasteiger partial charge in [-0.25, -0.2) is 8.78 Å². The topological polar surface area (TPSA) is 115 Å². The molecule has 0 unspecified atom stereocenters. The summed E-state index contributed by atoms with van der Waals surface area (Å²) in [6.45, 7) is 1.12. The monoisotopic (exact) mass is 453 g/mol. The zero-order valence-corrected chi connectivity index (χ0v) is 17.1. The fourth-order valence-electron chi connectivity index (χ4n) is 3.77. The summed E-state index contributed by atoms with van der Waals surface area (Å²) in [6, 6.07) is 6.42. The first-order valence-corrected chi connectivity index (χ1v) is 10.3. The number of rotatable bonds is 4. The lowest BCUT2D eigenvalue weighted by Crippen LogP contribution is -2.56. The molecule has 31 heavy (non-hydrogen) atoms. The summed E-state index contributed by atoms with van der Waals surface area (Å²) in [5.41, 5.74) is 0.984. The number of nitrogens with zero attached hydrogens (tertiary/aromatic N) is 1. The molecule has 2 aromatic carbocycles. The van der Waals surface area contributed by atoms with Gasteiger partial charge in [-0.05, 0) is 30.7 Å². The molecule has 0 radical (unpaired) electrons. The maximum Gasteiger partial charge on any atom is 0.163 e. The molecular weight excluding hydrogens is 432 g/mol. The number of aryl methyl sites for hydroxylation is 1. The molecule has 166 valence electrons. The van der Waals surface area contributed by atoms with Crippen LogP contribution >= 0.6 is 11.8 Å². The van der Waals surface area contributed by atoms with Crippen LogP contribution in [0.4, 0.5) is 8.78 Å². The third kappa shape index (κ3) is 3.79. The molecular formula is C21H21F2NO6S. The Morgan fingerprint density at radius 2 is 1.74 bits per heavy atom. The molecule has 0 saturated carbocycles. The van der Waals surface area contributed by atoms with Crippen LogP contribution in [0.1, 0.15) is 11.8 Å². The van der Waals surface area contributed by atoms with Gasteiger partial charge in [-0.3, -0.25) is 0 Å². The van der Waals surface area contributed by atoms with E-state index in [9.17, 15) is 34.3 Å². The Bertz CT molecular complexity index is 1120. The van der Waals surface area contributed by atoms with E-state index in [1.54, 1.807) is 6.92 Å². The number of hydrogen-bond acceptors (Lipinski definition) is 7. The predicted octanol–water partition coefficient (Wildman–Crippen LogP) is 2.06. The Kier molecular flexibility index (Phi) is 5.95. The van der Waals surface area contributed by atoms with Crippen molar-refractivity contribution in [3.63, 3.8) is 0 Å². The molecule has 10 heteroatoms. The summed E-state index contributed by atoms with van der Waals surface area (Å²) < 4.78 is 36.2. The van der Waals surface area contributed by atoms with Gasteiger partial charge in [-0.2, -0.15) is 0 Å². The maximum absolute atomic E-state index is 14.9. The second-order valence-electron chi connectivity index (χ2n) is 7.42. The molecule has 0 bridgehead atoms. The van der Waals surface area contributed by atoms with Crippen LogP contribution in [0.2, 0.25) is 0 Å². The number of fused-ring (bicyclic) bond motifs is 1. The van der Waals surface area contributed by atoms with Gasteiger partial charge in [0.25, 0.3) is 0 Å². The molecule has 5 N–H and O–H groups in total. The first kappa shape index (κ1) is 22.0. The minimum absolute atomic E-state index is 0.145. The minimum atomic E-state index is -1.60. The van der Waals surface area contributed by atoms with E-state index in [0.717, 1.165) is 17.8 Å². The van der Waals surface area contributed by atoms with Gasteiger partial charge in [0.1, 0.15) is 41.8 Å². The number of phenolic OH excluding ortho intramolecular Hbond substituents is 1. The predicted molar refractivity (Wildman–Crippen MR) is 108 cm³/mol. The molecule has 7 nitrogen and oxygen atoms in total. The highest BCUT2D eigenvalue weighted by Crippen LogP contribution is 2.42. The van der Waals surface area contributed by atoms with Crippen LogP contribution in [-0.4, -0.2) is 61.1 Å². The molecule has 0 amide bonds. The summed E-state index contributed by atoms with van der Waals surface area (Å²) in [4.78, 5) is 0.462. The first-order valence-electron chi connectivity index (χ1n) is 9.49. The minimum Gasteiger partial charge on any atom is -0.508 e. The van der Waals surface area contributed by atoms with E-state index in [0.29, 0.717) is 16.0 Å². The van der Waals surface area contributed by atoms with E-state index < -0.39 is 48.9 Å². The van der Waals surface area contributed by atoms with E-state index >= 15 is 0 Å². The van der Waals surface area contributed by atoms with E-state index in [1.807, 2.05) is 0 Å². The maximum atomic E-state index is 14.9.